The van der Waals surface area contributed by atoms with Crippen LogP contribution < -0.4 is 0 Å². The van der Waals surface area contributed by atoms with Crippen LogP contribution in [0.4, 0.5) is 0 Å². The SMILES string of the molecule is CCn1c2ccc(-c3ccc(-c4ccc(-c5c6ccc(C(C)(C)C)cc6c(-c6ccc(-c7ccc(-c8ccccc8)cc7)cc6)c6ccc(C(C)(C)C)cc56)cc4)cc3)cc2c2cc(C(C)(C)C)ccc21. The summed E-state index contributed by atoms with van der Waals surface area (Å²) in [5.41, 5.74) is 21.5. The van der Waals surface area contributed by atoms with Gasteiger partial charge >= 0.3 is 0 Å². The zero-order valence-corrected chi connectivity index (χ0v) is 43.2. The van der Waals surface area contributed by atoms with Crippen LogP contribution in [-0.2, 0) is 22.8 Å². The summed E-state index contributed by atoms with van der Waals surface area (Å²) in [7, 11) is 0. The molecule has 0 amide bonds. The number of aryl methyl sites for hydroxylation is 1. The molecule has 10 aromatic carbocycles. The molecule has 0 unspecified atom stereocenters. The number of hydrogen-bond donors (Lipinski definition) is 0. The second-order valence-corrected chi connectivity index (χ2v) is 22.9. The summed E-state index contributed by atoms with van der Waals surface area (Å²) in [6, 6.07) is 75.8. The average molecular weight is 920 g/mol. The molecule has 0 saturated heterocycles. The first-order valence-corrected chi connectivity index (χ1v) is 25.6. The highest BCUT2D eigenvalue weighted by Crippen LogP contribution is 2.47. The fourth-order valence-corrected chi connectivity index (χ4v) is 10.9. The molecule has 0 aliphatic heterocycles. The van der Waals surface area contributed by atoms with Gasteiger partial charge in [0.2, 0.25) is 0 Å². The second kappa shape index (κ2) is 17.4. The van der Waals surface area contributed by atoms with Crippen LogP contribution in [0.3, 0.4) is 0 Å². The predicted molar refractivity (Wildman–Crippen MR) is 309 cm³/mol. The van der Waals surface area contributed by atoms with Crippen molar-refractivity contribution in [3.05, 3.63) is 217 Å². The van der Waals surface area contributed by atoms with E-state index in [1.165, 1.54) is 127 Å². The minimum Gasteiger partial charge on any atom is -0.341 e. The molecule has 0 fully saturated rings. The van der Waals surface area contributed by atoms with Crippen LogP contribution in [0.15, 0.2) is 200 Å². The summed E-state index contributed by atoms with van der Waals surface area (Å²) in [6.45, 7) is 24.0. The van der Waals surface area contributed by atoms with E-state index in [0.717, 1.165) is 6.54 Å². The Morgan fingerprint density at radius 1 is 0.268 bits per heavy atom. The molecule has 350 valence electrons. The van der Waals surface area contributed by atoms with Gasteiger partial charge in [0.15, 0.2) is 0 Å². The van der Waals surface area contributed by atoms with Crippen LogP contribution in [0.25, 0.3) is 110 Å². The van der Waals surface area contributed by atoms with Crippen molar-refractivity contribution < 1.29 is 0 Å². The molecule has 0 aliphatic rings. The Hall–Kier alpha value is -7.48. The Labute approximate surface area is 421 Å². The summed E-state index contributed by atoms with van der Waals surface area (Å²) in [5.74, 6) is 0. The maximum absolute atomic E-state index is 2.47. The monoisotopic (exact) mass is 920 g/mol. The Morgan fingerprint density at radius 3 is 0.944 bits per heavy atom. The molecule has 0 atom stereocenters. The van der Waals surface area contributed by atoms with E-state index < -0.39 is 0 Å². The van der Waals surface area contributed by atoms with Gasteiger partial charge in [0.05, 0.1) is 0 Å². The van der Waals surface area contributed by atoms with E-state index in [1.54, 1.807) is 0 Å². The molecule has 0 aliphatic carbocycles. The van der Waals surface area contributed by atoms with Gasteiger partial charge < -0.3 is 4.57 Å². The van der Waals surface area contributed by atoms with Crippen molar-refractivity contribution in [1.82, 2.24) is 4.57 Å². The third-order valence-corrected chi connectivity index (χ3v) is 15.1. The minimum absolute atomic E-state index is 0.0119. The molecule has 11 rings (SSSR count). The first-order chi connectivity index (χ1) is 34.0. The maximum atomic E-state index is 2.47. The third-order valence-electron chi connectivity index (χ3n) is 15.1. The minimum atomic E-state index is -0.0136. The molecule has 1 heterocycles. The number of rotatable bonds is 7. The number of hydrogen-bond acceptors (Lipinski definition) is 0. The molecule has 0 N–H and O–H groups in total. The van der Waals surface area contributed by atoms with Gasteiger partial charge in [-0.1, -0.05) is 226 Å². The predicted octanol–water partition coefficient (Wildman–Crippen LogP) is 20.0. The zero-order valence-electron chi connectivity index (χ0n) is 43.2. The normalized spacial score (nSPS) is 12.4. The standard InChI is InChI=1S/C70H65N/c1-11-71-64-39-33-54(41-60(64)61-42-57(70(8,9)10)36-40-65(61)71)51-23-21-48(22-24-51)50-27-31-53(32-28-50)67-59-38-35-55(68(2,3)4)43-62(59)66(58-37-34-56(44-63(58)67)69(5,6)7)52-29-25-49(26-30-52)47-19-17-46(18-20-47)45-15-13-12-14-16-45/h12-44H,11H2,1-10H3. The Morgan fingerprint density at radius 2 is 0.563 bits per heavy atom. The van der Waals surface area contributed by atoms with E-state index in [1.807, 2.05) is 0 Å². The Kier molecular flexibility index (Phi) is 11.3. The topological polar surface area (TPSA) is 4.93 Å². The highest BCUT2D eigenvalue weighted by atomic mass is 15.0. The van der Waals surface area contributed by atoms with Crippen molar-refractivity contribution in [3.63, 3.8) is 0 Å². The zero-order chi connectivity index (χ0) is 49.4. The summed E-state index contributed by atoms with van der Waals surface area (Å²) in [6.07, 6.45) is 0. The van der Waals surface area contributed by atoms with Crippen LogP contribution in [0.5, 0.6) is 0 Å². The van der Waals surface area contributed by atoms with E-state index in [2.05, 4.69) is 274 Å². The lowest BCUT2D eigenvalue weighted by molar-refractivity contribution is 0.590. The van der Waals surface area contributed by atoms with Gasteiger partial charge in [-0.3, -0.25) is 0 Å². The maximum Gasteiger partial charge on any atom is 0.0491 e. The van der Waals surface area contributed by atoms with Gasteiger partial charge in [0.1, 0.15) is 0 Å². The molecular weight excluding hydrogens is 855 g/mol. The fourth-order valence-electron chi connectivity index (χ4n) is 10.9. The second-order valence-electron chi connectivity index (χ2n) is 22.9. The van der Waals surface area contributed by atoms with Crippen molar-refractivity contribution in [1.29, 1.82) is 0 Å². The molecule has 1 heteroatoms. The summed E-state index contributed by atoms with van der Waals surface area (Å²) < 4.78 is 2.45. The van der Waals surface area contributed by atoms with Gasteiger partial charge in [-0.15, -0.1) is 0 Å². The van der Waals surface area contributed by atoms with Crippen molar-refractivity contribution >= 4 is 43.4 Å². The number of benzene rings is 10. The molecule has 11 aromatic rings. The third kappa shape index (κ3) is 8.46. The number of aromatic nitrogens is 1. The molecule has 0 radical (unpaired) electrons. The van der Waals surface area contributed by atoms with Gasteiger partial charge in [-0.2, -0.15) is 0 Å². The molecular formula is C70H65N. The smallest absolute Gasteiger partial charge is 0.0491 e. The lowest BCUT2D eigenvalue weighted by Crippen LogP contribution is -2.11. The van der Waals surface area contributed by atoms with E-state index in [0.29, 0.717) is 0 Å². The summed E-state index contributed by atoms with van der Waals surface area (Å²) >= 11 is 0. The van der Waals surface area contributed by atoms with Gasteiger partial charge in [0, 0.05) is 28.4 Å². The van der Waals surface area contributed by atoms with Crippen molar-refractivity contribution in [2.45, 2.75) is 92.0 Å². The first kappa shape index (κ1) is 45.9. The summed E-state index contributed by atoms with van der Waals surface area (Å²) in [5, 5.41) is 7.78. The van der Waals surface area contributed by atoms with Gasteiger partial charge in [0.25, 0.3) is 0 Å². The quantitative estimate of drug-likeness (QED) is 0.140. The summed E-state index contributed by atoms with van der Waals surface area (Å²) in [4.78, 5) is 0. The Bertz CT molecular complexity index is 3770. The van der Waals surface area contributed by atoms with Crippen molar-refractivity contribution in [3.8, 4) is 66.8 Å². The molecule has 71 heavy (non-hydrogen) atoms. The van der Waals surface area contributed by atoms with Crippen LogP contribution in [0, 0.1) is 0 Å². The fraction of sp³-hybridized carbons (Fsp3) is 0.200. The molecule has 0 spiro atoms. The molecule has 0 bridgehead atoms. The van der Waals surface area contributed by atoms with E-state index in [9.17, 15) is 0 Å². The van der Waals surface area contributed by atoms with E-state index in [4.69, 9.17) is 0 Å². The molecule has 1 aromatic heterocycles. The van der Waals surface area contributed by atoms with Crippen molar-refractivity contribution in [2.75, 3.05) is 0 Å². The highest BCUT2D eigenvalue weighted by Gasteiger charge is 2.24. The van der Waals surface area contributed by atoms with Crippen LogP contribution >= 0.6 is 0 Å². The van der Waals surface area contributed by atoms with Gasteiger partial charge in [-0.05, 0) is 165 Å². The van der Waals surface area contributed by atoms with E-state index in [-0.39, 0.29) is 16.2 Å². The lowest BCUT2D eigenvalue weighted by Gasteiger charge is -2.25. The van der Waals surface area contributed by atoms with Crippen LogP contribution in [0.2, 0.25) is 0 Å². The van der Waals surface area contributed by atoms with E-state index >= 15 is 0 Å². The average Bonchev–Trinajstić information content (AvgIpc) is 3.69. The Balaban J connectivity index is 0.985. The highest BCUT2D eigenvalue weighted by molar-refractivity contribution is 6.22. The van der Waals surface area contributed by atoms with Gasteiger partial charge in [-0.25, -0.2) is 0 Å². The lowest BCUT2D eigenvalue weighted by atomic mass is 9.79. The molecule has 0 saturated carbocycles. The number of fused-ring (bicyclic) bond motifs is 5. The molecule has 1 nitrogen and oxygen atoms in total. The number of nitrogens with zero attached hydrogens (tertiary/aromatic N) is 1. The largest absolute Gasteiger partial charge is 0.341 e. The van der Waals surface area contributed by atoms with Crippen LogP contribution in [-0.4, -0.2) is 4.57 Å². The van der Waals surface area contributed by atoms with Crippen molar-refractivity contribution in [2.24, 2.45) is 0 Å². The van der Waals surface area contributed by atoms with Crippen LogP contribution in [0.1, 0.15) is 85.9 Å². The first-order valence-electron chi connectivity index (χ1n) is 25.6.